The first-order valence-electron chi connectivity index (χ1n) is 10.3. The minimum atomic E-state index is -2.20. The van der Waals surface area contributed by atoms with E-state index in [0.717, 1.165) is 12.1 Å². The first kappa shape index (κ1) is 21.9. The molecule has 172 valence electrons. The summed E-state index contributed by atoms with van der Waals surface area (Å²) in [4.78, 5) is 29.7. The maximum absolute atomic E-state index is 14.3. The van der Waals surface area contributed by atoms with Crippen molar-refractivity contribution < 1.29 is 19.0 Å². The molecule has 1 atom stereocenters. The van der Waals surface area contributed by atoms with Gasteiger partial charge in [-0.25, -0.2) is 4.39 Å². The first-order chi connectivity index (χ1) is 16.2. The number of methoxy groups -OCH3 is 1. The molecule has 4 N–H and O–H groups in total. The number of anilines is 1. The zero-order chi connectivity index (χ0) is 24.2. The van der Waals surface area contributed by atoms with E-state index in [4.69, 9.17) is 22.1 Å². The number of fused-ring (bicyclic) bond motifs is 3. The first-order valence-corrected chi connectivity index (χ1v) is 10.7. The molecule has 3 aromatic carbocycles. The molecule has 1 aliphatic rings. The molecule has 34 heavy (non-hydrogen) atoms. The molecule has 4 aromatic rings. The molecule has 0 radical (unpaired) electrons. The van der Waals surface area contributed by atoms with Gasteiger partial charge in [0.25, 0.3) is 5.91 Å². The van der Waals surface area contributed by atoms with Gasteiger partial charge >= 0.3 is 0 Å². The van der Waals surface area contributed by atoms with E-state index >= 15 is 0 Å². The number of aromatic nitrogens is 1. The molecule has 0 aliphatic carbocycles. The van der Waals surface area contributed by atoms with Crippen LogP contribution in [-0.4, -0.2) is 28.0 Å². The van der Waals surface area contributed by atoms with E-state index in [-0.39, 0.29) is 39.5 Å². The monoisotopic (exact) mass is 479 g/mol. The number of hydrogen-bond acceptors (Lipinski definition) is 5. The molecule has 7 nitrogen and oxygen atoms in total. The van der Waals surface area contributed by atoms with Gasteiger partial charge in [-0.05, 0) is 48.0 Å². The summed E-state index contributed by atoms with van der Waals surface area (Å²) in [6.07, 6.45) is 0. The van der Waals surface area contributed by atoms with Crippen LogP contribution in [0, 0.1) is 5.82 Å². The Balaban J connectivity index is 1.80. The lowest BCUT2D eigenvalue weighted by molar-refractivity contribution is -0.0539. The Morgan fingerprint density at radius 1 is 1.12 bits per heavy atom. The quantitative estimate of drug-likeness (QED) is 0.386. The summed E-state index contributed by atoms with van der Waals surface area (Å²) in [6.45, 7) is -0.0567. The predicted molar refractivity (Wildman–Crippen MR) is 126 cm³/mol. The molecule has 1 aromatic heterocycles. The fraction of sp³-hybridized carbons (Fsp3) is 0.120. The van der Waals surface area contributed by atoms with Gasteiger partial charge < -0.3 is 20.6 Å². The van der Waals surface area contributed by atoms with Crippen molar-refractivity contribution in [3.63, 3.8) is 0 Å². The van der Waals surface area contributed by atoms with Crippen molar-refractivity contribution in [2.24, 2.45) is 0 Å². The Bertz CT molecular complexity index is 1520. The third kappa shape index (κ3) is 3.22. The lowest BCUT2D eigenvalue weighted by Crippen LogP contribution is -2.44. The standard InChI is InChI=1S/C25H19ClFN3O4/c1-34-16-6-2-13(3-7-16)12-30-24(32)21-22(19(28)10-14-4-9-20(31)29-23(14)21)25(30,33)17-11-15(27)5-8-18(17)26/h2-11,33H,12,28H2,1H3,(H,29,31). The number of aromatic amines is 1. The Morgan fingerprint density at radius 3 is 2.56 bits per heavy atom. The van der Waals surface area contributed by atoms with E-state index in [1.54, 1.807) is 36.4 Å². The number of H-pyrrole nitrogens is 1. The maximum Gasteiger partial charge on any atom is 0.259 e. The molecule has 0 spiro atoms. The maximum atomic E-state index is 14.3. The smallest absolute Gasteiger partial charge is 0.259 e. The largest absolute Gasteiger partial charge is 0.497 e. The zero-order valence-electron chi connectivity index (χ0n) is 17.9. The number of ether oxygens (including phenoxy) is 1. The van der Waals surface area contributed by atoms with Crippen LogP contribution < -0.4 is 16.0 Å². The van der Waals surface area contributed by atoms with Crippen molar-refractivity contribution in [1.29, 1.82) is 0 Å². The van der Waals surface area contributed by atoms with Gasteiger partial charge in [0.2, 0.25) is 5.56 Å². The van der Waals surface area contributed by atoms with Crippen LogP contribution in [0.25, 0.3) is 10.9 Å². The number of rotatable bonds is 4. The number of carbonyl (C=O) groups is 1. The lowest BCUT2D eigenvalue weighted by Gasteiger charge is -2.36. The van der Waals surface area contributed by atoms with Gasteiger partial charge in [0.05, 0.1) is 18.2 Å². The highest BCUT2D eigenvalue weighted by molar-refractivity contribution is 6.31. The number of aliphatic hydroxyl groups is 1. The molecular weight excluding hydrogens is 461 g/mol. The SMILES string of the molecule is COc1ccc(CN2C(=O)c3c(c(N)cc4ccc(=O)[nH]c34)C2(O)c2cc(F)ccc2Cl)cc1. The summed E-state index contributed by atoms with van der Waals surface area (Å²) in [5, 5.41) is 12.7. The Labute approximate surface area is 198 Å². The van der Waals surface area contributed by atoms with Gasteiger partial charge in [-0.1, -0.05) is 23.7 Å². The van der Waals surface area contributed by atoms with Gasteiger partial charge in [0, 0.05) is 39.8 Å². The summed E-state index contributed by atoms with van der Waals surface area (Å²) in [6, 6.07) is 14.9. The lowest BCUT2D eigenvalue weighted by atomic mass is 9.90. The number of nitrogens with one attached hydrogen (secondary N) is 1. The second-order valence-electron chi connectivity index (χ2n) is 8.04. The normalized spacial score (nSPS) is 17.3. The second-order valence-corrected chi connectivity index (χ2v) is 8.45. The highest BCUT2D eigenvalue weighted by atomic mass is 35.5. The van der Waals surface area contributed by atoms with E-state index in [1.807, 2.05) is 0 Å². The Morgan fingerprint density at radius 2 is 1.85 bits per heavy atom. The van der Waals surface area contributed by atoms with E-state index in [9.17, 15) is 19.1 Å². The summed E-state index contributed by atoms with van der Waals surface area (Å²) in [5.74, 6) is -0.616. The van der Waals surface area contributed by atoms with Gasteiger partial charge in [0.1, 0.15) is 11.6 Å². The third-order valence-electron chi connectivity index (χ3n) is 6.05. The van der Waals surface area contributed by atoms with Crippen molar-refractivity contribution >= 4 is 34.1 Å². The number of amides is 1. The third-order valence-corrected chi connectivity index (χ3v) is 6.38. The number of carbonyl (C=O) groups excluding carboxylic acids is 1. The molecule has 2 heterocycles. The van der Waals surface area contributed by atoms with Crippen LogP contribution in [0.4, 0.5) is 10.1 Å². The summed E-state index contributed by atoms with van der Waals surface area (Å²) >= 11 is 6.40. The van der Waals surface area contributed by atoms with Crippen LogP contribution in [0.3, 0.4) is 0 Å². The fourth-order valence-electron chi connectivity index (χ4n) is 4.47. The summed E-state index contributed by atoms with van der Waals surface area (Å²) < 4.78 is 19.5. The number of benzene rings is 3. The van der Waals surface area contributed by atoms with Crippen LogP contribution in [0.2, 0.25) is 5.02 Å². The van der Waals surface area contributed by atoms with Crippen molar-refractivity contribution in [3.8, 4) is 5.75 Å². The number of halogens is 2. The molecule has 1 amide bonds. The number of nitrogens with two attached hydrogens (primary N) is 1. The topological polar surface area (TPSA) is 109 Å². The predicted octanol–water partition coefficient (Wildman–Crippen LogP) is 3.76. The van der Waals surface area contributed by atoms with Crippen molar-refractivity contribution in [2.45, 2.75) is 12.3 Å². The van der Waals surface area contributed by atoms with Crippen LogP contribution in [0.5, 0.6) is 5.75 Å². The Kier molecular flexibility index (Phi) is 5.07. The molecule has 0 saturated carbocycles. The van der Waals surface area contributed by atoms with Crippen LogP contribution in [0.15, 0.2) is 65.5 Å². The number of hydrogen-bond donors (Lipinski definition) is 3. The van der Waals surface area contributed by atoms with E-state index in [1.165, 1.54) is 24.1 Å². The van der Waals surface area contributed by atoms with Gasteiger partial charge in [-0.3, -0.25) is 14.5 Å². The highest BCUT2D eigenvalue weighted by Gasteiger charge is 2.53. The molecule has 5 rings (SSSR count). The molecule has 1 unspecified atom stereocenters. The van der Waals surface area contributed by atoms with Crippen LogP contribution >= 0.6 is 11.6 Å². The van der Waals surface area contributed by atoms with E-state index in [2.05, 4.69) is 4.98 Å². The average Bonchev–Trinajstić information content (AvgIpc) is 3.05. The molecule has 0 bridgehead atoms. The van der Waals surface area contributed by atoms with Gasteiger partial charge in [-0.15, -0.1) is 0 Å². The average molecular weight is 480 g/mol. The fourth-order valence-corrected chi connectivity index (χ4v) is 4.72. The van der Waals surface area contributed by atoms with Crippen LogP contribution in [-0.2, 0) is 12.3 Å². The molecule has 1 aliphatic heterocycles. The number of nitrogen functional groups attached to an aromatic ring is 1. The summed E-state index contributed by atoms with van der Waals surface area (Å²) in [7, 11) is 1.54. The minimum Gasteiger partial charge on any atom is -0.497 e. The number of nitrogens with zero attached hydrogens (tertiary/aromatic N) is 1. The van der Waals surface area contributed by atoms with Gasteiger partial charge in [-0.2, -0.15) is 0 Å². The Hall–Kier alpha value is -3.88. The highest BCUT2D eigenvalue weighted by Crippen LogP contribution is 2.49. The van der Waals surface area contributed by atoms with E-state index < -0.39 is 23.0 Å². The molecular formula is C25H19ClFN3O4. The van der Waals surface area contributed by atoms with Crippen molar-refractivity contribution in [3.05, 3.63) is 104 Å². The number of pyridine rings is 1. The van der Waals surface area contributed by atoms with Crippen LogP contribution in [0.1, 0.15) is 27.0 Å². The molecule has 0 fully saturated rings. The van der Waals surface area contributed by atoms with Crippen molar-refractivity contribution in [2.75, 3.05) is 12.8 Å². The molecule has 9 heteroatoms. The second kappa shape index (κ2) is 7.86. The van der Waals surface area contributed by atoms with E-state index in [0.29, 0.717) is 16.7 Å². The molecule has 0 saturated heterocycles. The minimum absolute atomic E-state index is 0.0315. The van der Waals surface area contributed by atoms with Crippen molar-refractivity contribution in [1.82, 2.24) is 9.88 Å². The summed E-state index contributed by atoms with van der Waals surface area (Å²) in [5.41, 5.74) is 4.75. The van der Waals surface area contributed by atoms with Gasteiger partial charge in [0.15, 0.2) is 5.72 Å². The zero-order valence-corrected chi connectivity index (χ0v) is 18.7.